The Morgan fingerprint density at radius 1 is 0.867 bits per heavy atom. The van der Waals surface area contributed by atoms with Crippen LogP contribution in [-0.2, 0) is 6.42 Å². The van der Waals surface area contributed by atoms with Crippen LogP contribution in [0.3, 0.4) is 0 Å². The number of rotatable bonds is 11. The van der Waals surface area contributed by atoms with E-state index in [1.165, 1.54) is 11.3 Å². The number of carbonyl (C=O) groups excluding carboxylic acids is 1. The quantitative estimate of drug-likeness (QED) is 0.439. The highest BCUT2D eigenvalue weighted by Gasteiger charge is 2.18. The maximum Gasteiger partial charge on any atom is 0.258 e. The fourth-order valence-corrected chi connectivity index (χ4v) is 4.33. The number of hydrogen-bond acceptors (Lipinski definition) is 5. The van der Waals surface area contributed by atoms with E-state index < -0.39 is 18.1 Å². The summed E-state index contributed by atoms with van der Waals surface area (Å²) in [6.45, 7) is 1.59. The van der Waals surface area contributed by atoms with Crippen LogP contribution in [0.2, 0.25) is 0 Å². The molecule has 3 aromatic rings. The van der Waals surface area contributed by atoms with Crippen LogP contribution < -0.4 is 5.73 Å². The topological polar surface area (TPSA) is 86.8 Å². The second-order valence-corrected chi connectivity index (χ2v) is 8.51. The standard InChI is InChI=1S/C24H28N2O3S/c25-24(29)23-14-13-20(30-23)12-7-15-26(16-21(27)18-8-3-1-4-9-18)17-22(28)19-10-5-2-6-11-19/h1-6,8-11,13-14,21-22,27-28H,7,12,15-17H2,(H2,25,29)/t21-,22-/m0/s1. The van der Waals surface area contributed by atoms with Gasteiger partial charge in [-0.25, -0.2) is 0 Å². The number of thiophene rings is 1. The second kappa shape index (κ2) is 11.0. The second-order valence-electron chi connectivity index (χ2n) is 7.35. The number of benzene rings is 2. The molecule has 0 bridgehead atoms. The number of carbonyl (C=O) groups is 1. The van der Waals surface area contributed by atoms with Gasteiger partial charge in [-0.3, -0.25) is 9.69 Å². The van der Waals surface area contributed by atoms with Gasteiger partial charge in [-0.15, -0.1) is 11.3 Å². The van der Waals surface area contributed by atoms with Crippen molar-refractivity contribution in [2.45, 2.75) is 25.0 Å². The lowest BCUT2D eigenvalue weighted by atomic mass is 10.1. The SMILES string of the molecule is NC(=O)c1ccc(CCCN(C[C@H](O)c2ccccc2)C[C@H](O)c2ccccc2)s1. The number of aliphatic hydroxyl groups excluding tert-OH is 2. The minimum absolute atomic E-state index is 0.398. The number of nitrogens with zero attached hydrogens (tertiary/aromatic N) is 1. The van der Waals surface area contributed by atoms with Crippen molar-refractivity contribution in [3.8, 4) is 0 Å². The van der Waals surface area contributed by atoms with Gasteiger partial charge in [0.25, 0.3) is 5.91 Å². The first-order chi connectivity index (χ1) is 14.5. The van der Waals surface area contributed by atoms with Crippen molar-refractivity contribution in [2.75, 3.05) is 19.6 Å². The normalized spacial score (nSPS) is 13.3. The van der Waals surface area contributed by atoms with Crippen molar-refractivity contribution in [3.63, 3.8) is 0 Å². The van der Waals surface area contributed by atoms with Gasteiger partial charge < -0.3 is 15.9 Å². The van der Waals surface area contributed by atoms with Crippen LogP contribution in [0.15, 0.2) is 72.8 Å². The zero-order valence-corrected chi connectivity index (χ0v) is 17.7. The average molecular weight is 425 g/mol. The average Bonchev–Trinajstić information content (AvgIpc) is 3.24. The maximum atomic E-state index is 11.3. The summed E-state index contributed by atoms with van der Waals surface area (Å²) in [6, 6.07) is 22.8. The van der Waals surface area contributed by atoms with Crippen LogP contribution in [0.4, 0.5) is 0 Å². The molecule has 4 N–H and O–H groups in total. The van der Waals surface area contributed by atoms with E-state index in [0.717, 1.165) is 35.4 Å². The first-order valence-corrected chi connectivity index (χ1v) is 10.9. The van der Waals surface area contributed by atoms with Gasteiger partial charge in [0.05, 0.1) is 17.1 Å². The summed E-state index contributed by atoms with van der Waals surface area (Å²) >= 11 is 1.42. The lowest BCUT2D eigenvalue weighted by Crippen LogP contribution is -2.33. The molecule has 0 radical (unpaired) electrons. The molecule has 1 aromatic heterocycles. The molecule has 6 heteroatoms. The van der Waals surface area contributed by atoms with E-state index in [0.29, 0.717) is 18.0 Å². The monoisotopic (exact) mass is 424 g/mol. The van der Waals surface area contributed by atoms with Gasteiger partial charge in [0.2, 0.25) is 0 Å². The van der Waals surface area contributed by atoms with Crippen LogP contribution in [0, 0.1) is 0 Å². The highest BCUT2D eigenvalue weighted by atomic mass is 32.1. The van der Waals surface area contributed by atoms with Crippen molar-refractivity contribution in [2.24, 2.45) is 5.73 Å². The first-order valence-electron chi connectivity index (χ1n) is 10.1. The predicted octanol–water partition coefficient (Wildman–Crippen LogP) is 3.55. The third-order valence-electron chi connectivity index (χ3n) is 5.03. The molecule has 0 spiro atoms. The molecule has 5 nitrogen and oxygen atoms in total. The summed E-state index contributed by atoms with van der Waals surface area (Å²) < 4.78 is 0. The Balaban J connectivity index is 1.62. The predicted molar refractivity (Wildman–Crippen MR) is 120 cm³/mol. The summed E-state index contributed by atoms with van der Waals surface area (Å²) in [5, 5.41) is 21.4. The van der Waals surface area contributed by atoms with E-state index in [2.05, 4.69) is 4.90 Å². The van der Waals surface area contributed by atoms with Crippen molar-refractivity contribution in [1.82, 2.24) is 4.90 Å². The lowest BCUT2D eigenvalue weighted by Gasteiger charge is -2.27. The Morgan fingerprint density at radius 3 is 1.87 bits per heavy atom. The van der Waals surface area contributed by atoms with Crippen molar-refractivity contribution in [1.29, 1.82) is 0 Å². The van der Waals surface area contributed by atoms with Gasteiger partial charge in [0.15, 0.2) is 0 Å². The Hall–Kier alpha value is -2.51. The van der Waals surface area contributed by atoms with Gasteiger partial charge in [0, 0.05) is 18.0 Å². The van der Waals surface area contributed by atoms with Gasteiger partial charge in [-0.05, 0) is 42.6 Å². The van der Waals surface area contributed by atoms with Crippen molar-refractivity contribution in [3.05, 3.63) is 93.7 Å². The first kappa shape index (κ1) is 22.2. The summed E-state index contributed by atoms with van der Waals surface area (Å²) in [5.41, 5.74) is 7.06. The molecule has 0 unspecified atom stereocenters. The van der Waals surface area contributed by atoms with Gasteiger partial charge in [0.1, 0.15) is 0 Å². The molecule has 0 aliphatic heterocycles. The zero-order chi connectivity index (χ0) is 21.3. The molecule has 1 amide bonds. The van der Waals surface area contributed by atoms with Crippen LogP contribution in [0.1, 0.15) is 44.3 Å². The lowest BCUT2D eigenvalue weighted by molar-refractivity contribution is 0.0682. The van der Waals surface area contributed by atoms with Crippen LogP contribution in [0.25, 0.3) is 0 Å². The van der Waals surface area contributed by atoms with Crippen molar-refractivity contribution < 1.29 is 15.0 Å². The number of amides is 1. The number of nitrogens with two attached hydrogens (primary N) is 1. The molecular weight excluding hydrogens is 396 g/mol. The zero-order valence-electron chi connectivity index (χ0n) is 16.9. The summed E-state index contributed by atoms with van der Waals surface area (Å²) in [4.78, 5) is 15.0. The third-order valence-corrected chi connectivity index (χ3v) is 6.19. The fourth-order valence-electron chi connectivity index (χ4n) is 3.43. The number of primary amides is 1. The largest absolute Gasteiger partial charge is 0.387 e. The molecule has 0 aliphatic carbocycles. The summed E-state index contributed by atoms with van der Waals surface area (Å²) in [7, 11) is 0. The molecule has 158 valence electrons. The minimum atomic E-state index is -0.627. The summed E-state index contributed by atoms with van der Waals surface area (Å²) in [6.07, 6.45) is 0.411. The smallest absolute Gasteiger partial charge is 0.258 e. The molecule has 2 atom stereocenters. The van der Waals surface area contributed by atoms with Gasteiger partial charge in [-0.2, -0.15) is 0 Å². The molecule has 3 rings (SSSR count). The Morgan fingerprint density at radius 2 is 1.40 bits per heavy atom. The minimum Gasteiger partial charge on any atom is -0.387 e. The van der Waals surface area contributed by atoms with Gasteiger partial charge >= 0.3 is 0 Å². The molecule has 2 aromatic carbocycles. The molecular formula is C24H28N2O3S. The van der Waals surface area contributed by atoms with E-state index in [4.69, 9.17) is 5.73 Å². The van der Waals surface area contributed by atoms with E-state index in [9.17, 15) is 15.0 Å². The van der Waals surface area contributed by atoms with Crippen LogP contribution in [-0.4, -0.2) is 40.7 Å². The highest BCUT2D eigenvalue weighted by molar-refractivity contribution is 7.14. The molecule has 30 heavy (non-hydrogen) atoms. The van der Waals surface area contributed by atoms with Crippen LogP contribution in [0.5, 0.6) is 0 Å². The van der Waals surface area contributed by atoms with Gasteiger partial charge in [-0.1, -0.05) is 60.7 Å². The summed E-state index contributed by atoms with van der Waals surface area (Å²) in [5.74, 6) is -0.398. The molecule has 0 saturated heterocycles. The van der Waals surface area contributed by atoms with E-state index in [-0.39, 0.29) is 0 Å². The molecule has 0 fully saturated rings. The molecule has 0 saturated carbocycles. The molecule has 1 heterocycles. The van der Waals surface area contributed by atoms with Crippen LogP contribution >= 0.6 is 11.3 Å². The number of aliphatic hydroxyl groups is 2. The Bertz CT molecular complexity index is 867. The van der Waals surface area contributed by atoms with E-state index in [1.54, 1.807) is 6.07 Å². The van der Waals surface area contributed by atoms with E-state index >= 15 is 0 Å². The Labute approximate surface area is 181 Å². The Kier molecular flexibility index (Phi) is 8.16. The van der Waals surface area contributed by atoms with E-state index in [1.807, 2.05) is 66.7 Å². The highest BCUT2D eigenvalue weighted by Crippen LogP contribution is 2.20. The maximum absolute atomic E-state index is 11.3. The molecule has 0 aliphatic rings. The fraction of sp³-hybridized carbons (Fsp3) is 0.292. The number of aryl methyl sites for hydroxylation is 1. The number of hydrogen-bond donors (Lipinski definition) is 3. The van der Waals surface area contributed by atoms with Crippen molar-refractivity contribution >= 4 is 17.2 Å². The third kappa shape index (κ3) is 6.50.